The summed E-state index contributed by atoms with van der Waals surface area (Å²) >= 11 is 1.54. The Hall–Kier alpha value is -1.62. The molecule has 4 nitrogen and oxygen atoms in total. The maximum atomic E-state index is 11.2. The number of aryl methyl sites for hydroxylation is 1. The van der Waals surface area contributed by atoms with E-state index in [2.05, 4.69) is 25.8 Å². The van der Waals surface area contributed by atoms with E-state index in [1.54, 1.807) is 17.4 Å². The van der Waals surface area contributed by atoms with Gasteiger partial charge < -0.3 is 5.11 Å². The molecule has 2 heterocycles. The molecule has 0 fully saturated rings. The minimum absolute atomic E-state index is 0.000654. The van der Waals surface area contributed by atoms with Crippen LogP contribution < -0.4 is 0 Å². The summed E-state index contributed by atoms with van der Waals surface area (Å²) in [5, 5.41) is 12.0. The molecule has 0 amide bonds. The van der Waals surface area contributed by atoms with E-state index in [1.165, 1.54) is 0 Å². The molecule has 0 atom stereocenters. The van der Waals surface area contributed by atoms with Crippen molar-refractivity contribution in [1.29, 1.82) is 0 Å². The summed E-state index contributed by atoms with van der Waals surface area (Å²) in [6.07, 6.45) is 0. The van der Waals surface area contributed by atoms with Crippen molar-refractivity contribution >= 4 is 17.3 Å². The van der Waals surface area contributed by atoms with Crippen LogP contribution in [0.15, 0.2) is 11.4 Å². The van der Waals surface area contributed by atoms with Gasteiger partial charge in [0.2, 0.25) is 0 Å². The lowest BCUT2D eigenvalue weighted by Gasteiger charge is -2.14. The van der Waals surface area contributed by atoms with E-state index in [-0.39, 0.29) is 5.41 Å². The van der Waals surface area contributed by atoms with Gasteiger partial charge in [0.05, 0.1) is 11.3 Å². The maximum absolute atomic E-state index is 11.2. The fraction of sp³-hybridized carbons (Fsp3) is 0.429. The van der Waals surface area contributed by atoms with Crippen molar-refractivity contribution in [2.75, 3.05) is 0 Å². The number of carbonyl (C=O) groups is 1. The molecule has 2 aromatic heterocycles. The van der Waals surface area contributed by atoms with Gasteiger partial charge in [0.15, 0.2) is 5.13 Å². The van der Waals surface area contributed by atoms with Crippen LogP contribution >= 0.6 is 11.3 Å². The normalized spacial score (nSPS) is 11.8. The first-order chi connectivity index (χ1) is 8.71. The predicted octanol–water partition coefficient (Wildman–Crippen LogP) is 3.55. The summed E-state index contributed by atoms with van der Waals surface area (Å²) in [6.45, 7) is 10.1. The molecular weight excluding hydrogens is 260 g/mol. The number of rotatable bonds is 2. The van der Waals surface area contributed by atoms with E-state index >= 15 is 0 Å². The molecule has 0 aliphatic carbocycles. The second kappa shape index (κ2) is 4.49. The molecule has 0 radical (unpaired) electrons. The number of carboxylic acids is 1. The molecule has 19 heavy (non-hydrogen) atoms. The van der Waals surface area contributed by atoms with Crippen molar-refractivity contribution in [2.45, 2.75) is 40.0 Å². The summed E-state index contributed by atoms with van der Waals surface area (Å²) in [4.78, 5) is 15.8. The first kappa shape index (κ1) is 13.8. The SMILES string of the molecule is Cc1cc(C(=O)O)c(C)n1-c1nc(C(C)(C)C)cs1. The quantitative estimate of drug-likeness (QED) is 0.914. The zero-order valence-corrected chi connectivity index (χ0v) is 12.6. The van der Waals surface area contributed by atoms with E-state index in [1.807, 2.05) is 23.8 Å². The van der Waals surface area contributed by atoms with E-state index in [9.17, 15) is 4.79 Å². The van der Waals surface area contributed by atoms with Crippen molar-refractivity contribution in [1.82, 2.24) is 9.55 Å². The van der Waals surface area contributed by atoms with Crippen LogP contribution in [-0.4, -0.2) is 20.6 Å². The van der Waals surface area contributed by atoms with Crippen LogP contribution in [0.3, 0.4) is 0 Å². The Balaban J connectivity index is 2.54. The second-order valence-corrected chi connectivity index (χ2v) is 6.53. The van der Waals surface area contributed by atoms with Crippen molar-refractivity contribution < 1.29 is 9.90 Å². The van der Waals surface area contributed by atoms with Gasteiger partial charge in [0, 0.05) is 22.2 Å². The summed E-state index contributed by atoms with van der Waals surface area (Å²) in [5.74, 6) is -0.896. The van der Waals surface area contributed by atoms with Gasteiger partial charge >= 0.3 is 5.97 Å². The Morgan fingerprint density at radius 2 is 2.00 bits per heavy atom. The number of thiazole rings is 1. The molecular formula is C14H18N2O2S. The van der Waals surface area contributed by atoms with Gasteiger partial charge in [0.1, 0.15) is 0 Å². The summed E-state index contributed by atoms with van der Waals surface area (Å²) in [7, 11) is 0. The number of hydrogen-bond donors (Lipinski definition) is 1. The average Bonchev–Trinajstić information content (AvgIpc) is 2.82. The lowest BCUT2D eigenvalue weighted by molar-refractivity contribution is 0.0696. The van der Waals surface area contributed by atoms with Crippen molar-refractivity contribution in [3.05, 3.63) is 34.1 Å². The Morgan fingerprint density at radius 1 is 1.37 bits per heavy atom. The third-order valence-electron chi connectivity index (χ3n) is 3.11. The number of carboxylic acid groups (broad SMARTS) is 1. The lowest BCUT2D eigenvalue weighted by atomic mass is 9.93. The van der Waals surface area contributed by atoms with E-state index in [0.717, 1.165) is 22.2 Å². The Kier molecular flexibility index (Phi) is 3.26. The molecule has 5 heteroatoms. The second-order valence-electron chi connectivity index (χ2n) is 5.69. The van der Waals surface area contributed by atoms with E-state index in [4.69, 9.17) is 5.11 Å². The highest BCUT2D eigenvalue weighted by molar-refractivity contribution is 7.12. The Bertz CT molecular complexity index is 632. The van der Waals surface area contributed by atoms with Crippen LogP contribution in [0.5, 0.6) is 0 Å². The maximum Gasteiger partial charge on any atom is 0.337 e. The van der Waals surface area contributed by atoms with Gasteiger partial charge in [-0.05, 0) is 19.9 Å². The molecule has 1 N–H and O–H groups in total. The highest BCUT2D eigenvalue weighted by Crippen LogP contribution is 2.28. The predicted molar refractivity (Wildman–Crippen MR) is 76.6 cm³/mol. The molecule has 102 valence electrons. The summed E-state index contributed by atoms with van der Waals surface area (Å²) < 4.78 is 1.91. The third-order valence-corrected chi connectivity index (χ3v) is 3.94. The number of hydrogen-bond acceptors (Lipinski definition) is 3. The largest absolute Gasteiger partial charge is 0.478 e. The fourth-order valence-electron chi connectivity index (χ4n) is 1.99. The molecule has 0 saturated carbocycles. The highest BCUT2D eigenvalue weighted by atomic mass is 32.1. The van der Waals surface area contributed by atoms with Gasteiger partial charge in [-0.25, -0.2) is 9.78 Å². The minimum Gasteiger partial charge on any atom is -0.478 e. The molecule has 0 aliphatic rings. The van der Waals surface area contributed by atoms with Gasteiger partial charge in [-0.1, -0.05) is 20.8 Å². The van der Waals surface area contributed by atoms with Crippen molar-refractivity contribution in [3.8, 4) is 5.13 Å². The monoisotopic (exact) mass is 278 g/mol. The first-order valence-electron chi connectivity index (χ1n) is 6.10. The van der Waals surface area contributed by atoms with Crippen molar-refractivity contribution in [2.24, 2.45) is 0 Å². The van der Waals surface area contributed by atoms with E-state index in [0.29, 0.717) is 5.56 Å². The van der Waals surface area contributed by atoms with Crippen LogP contribution in [0.2, 0.25) is 0 Å². The Morgan fingerprint density at radius 3 is 2.42 bits per heavy atom. The van der Waals surface area contributed by atoms with Gasteiger partial charge in [-0.15, -0.1) is 11.3 Å². The minimum atomic E-state index is -0.896. The zero-order valence-electron chi connectivity index (χ0n) is 11.8. The molecule has 0 aliphatic heterocycles. The zero-order chi connectivity index (χ0) is 14.4. The highest BCUT2D eigenvalue weighted by Gasteiger charge is 2.21. The van der Waals surface area contributed by atoms with Gasteiger partial charge in [-0.2, -0.15) is 0 Å². The van der Waals surface area contributed by atoms with Gasteiger partial charge in [-0.3, -0.25) is 4.57 Å². The molecule has 0 unspecified atom stereocenters. The smallest absolute Gasteiger partial charge is 0.337 e. The molecule has 2 rings (SSSR count). The number of nitrogens with zero attached hydrogens (tertiary/aromatic N) is 2. The molecule has 0 saturated heterocycles. The average molecular weight is 278 g/mol. The first-order valence-corrected chi connectivity index (χ1v) is 6.98. The van der Waals surface area contributed by atoms with Crippen LogP contribution in [0.1, 0.15) is 48.2 Å². The third kappa shape index (κ3) is 2.42. The van der Waals surface area contributed by atoms with Crippen LogP contribution in [0.25, 0.3) is 5.13 Å². The number of aromatic nitrogens is 2. The molecule has 0 spiro atoms. The summed E-state index contributed by atoms with van der Waals surface area (Å²) in [6, 6.07) is 1.69. The van der Waals surface area contributed by atoms with Crippen LogP contribution in [0, 0.1) is 13.8 Å². The van der Waals surface area contributed by atoms with E-state index < -0.39 is 5.97 Å². The van der Waals surface area contributed by atoms with Crippen LogP contribution in [0.4, 0.5) is 0 Å². The van der Waals surface area contributed by atoms with Crippen LogP contribution in [-0.2, 0) is 5.41 Å². The standard InChI is InChI=1S/C14H18N2O2S/c1-8-6-10(12(17)18)9(2)16(8)13-15-11(7-19-13)14(3,4)5/h6-7H,1-5H3,(H,17,18). The van der Waals surface area contributed by atoms with Gasteiger partial charge in [0.25, 0.3) is 0 Å². The fourth-order valence-corrected chi connectivity index (χ4v) is 3.15. The topological polar surface area (TPSA) is 55.1 Å². The Labute approximate surface area is 116 Å². The summed E-state index contributed by atoms with van der Waals surface area (Å²) in [5.41, 5.74) is 2.98. The lowest BCUT2D eigenvalue weighted by Crippen LogP contribution is -2.12. The molecule has 0 bridgehead atoms. The molecule has 2 aromatic rings. The molecule has 0 aromatic carbocycles. The number of aromatic carboxylic acids is 1. The van der Waals surface area contributed by atoms with Crippen molar-refractivity contribution in [3.63, 3.8) is 0 Å².